The molecule has 0 spiro atoms. The van der Waals surface area contributed by atoms with Crippen molar-refractivity contribution in [1.82, 2.24) is 0 Å². The molecule has 0 aliphatic heterocycles. The Bertz CT molecular complexity index is 789. The molecule has 0 nitrogen and oxygen atoms in total. The summed E-state index contributed by atoms with van der Waals surface area (Å²) in [4.78, 5) is 0. The van der Waals surface area contributed by atoms with Crippen LogP contribution in [0, 0.1) is 0 Å². The van der Waals surface area contributed by atoms with E-state index in [0.717, 1.165) is 6.42 Å². The quantitative estimate of drug-likeness (QED) is 0.671. The molecule has 0 heteroatoms. The summed E-state index contributed by atoms with van der Waals surface area (Å²) in [6, 6.07) is 15.7. The van der Waals surface area contributed by atoms with Gasteiger partial charge in [-0.05, 0) is 60.9 Å². The third-order valence-corrected chi connectivity index (χ3v) is 5.17. The van der Waals surface area contributed by atoms with E-state index in [0.29, 0.717) is 5.92 Å². The summed E-state index contributed by atoms with van der Waals surface area (Å²) in [7, 11) is 0. The van der Waals surface area contributed by atoms with Crippen LogP contribution < -0.4 is 0 Å². The van der Waals surface area contributed by atoms with E-state index in [1.165, 1.54) is 40.7 Å². The summed E-state index contributed by atoms with van der Waals surface area (Å²) in [5, 5.41) is 0. The van der Waals surface area contributed by atoms with Crippen LogP contribution in [0.15, 0.2) is 53.6 Å². The number of hydrogen-bond donors (Lipinski definition) is 0. The predicted octanol–water partition coefficient (Wildman–Crippen LogP) is 5.78. The van der Waals surface area contributed by atoms with Crippen molar-refractivity contribution in [3.8, 4) is 0 Å². The molecule has 1 atom stereocenters. The highest BCUT2D eigenvalue weighted by molar-refractivity contribution is 5.67. The summed E-state index contributed by atoms with van der Waals surface area (Å²) in [5.41, 5.74) is 10.5. The van der Waals surface area contributed by atoms with Crippen LogP contribution >= 0.6 is 0 Å². The van der Waals surface area contributed by atoms with Gasteiger partial charge in [0.25, 0.3) is 0 Å². The van der Waals surface area contributed by atoms with E-state index < -0.39 is 0 Å². The Morgan fingerprint density at radius 2 is 1.73 bits per heavy atom. The van der Waals surface area contributed by atoms with Crippen LogP contribution in [0.1, 0.15) is 54.0 Å². The molecule has 1 unspecified atom stereocenters. The van der Waals surface area contributed by atoms with Gasteiger partial charge >= 0.3 is 0 Å². The van der Waals surface area contributed by atoms with Crippen molar-refractivity contribution in [3.63, 3.8) is 0 Å². The molecule has 0 amide bonds. The second kappa shape index (κ2) is 5.28. The lowest BCUT2D eigenvalue weighted by atomic mass is 9.88. The lowest BCUT2D eigenvalue weighted by molar-refractivity contribution is 0.711. The standard InChI is InChI=1S/C22H22/c1-15-12-18-8-5-7-17(22(18)13-15)10-11-20-16(2)14-19-6-3-4-9-21(19)20/h3-9,12,14,20H,10-11,13H2,1-2H3. The van der Waals surface area contributed by atoms with Crippen molar-refractivity contribution in [1.29, 1.82) is 0 Å². The number of benzene rings is 2. The van der Waals surface area contributed by atoms with Gasteiger partial charge in [-0.15, -0.1) is 0 Å². The SMILES string of the molecule is CC1=Cc2cccc(CCC3C(C)=Cc4ccccc43)c2C1. The van der Waals surface area contributed by atoms with Gasteiger partial charge in [0.1, 0.15) is 0 Å². The van der Waals surface area contributed by atoms with Crippen LogP contribution in [0.4, 0.5) is 0 Å². The first-order chi connectivity index (χ1) is 10.7. The average molecular weight is 286 g/mol. The number of aryl methyl sites for hydroxylation is 1. The number of allylic oxidation sites excluding steroid dienone is 2. The Labute approximate surface area is 133 Å². The summed E-state index contributed by atoms with van der Waals surface area (Å²) in [5.74, 6) is 0.600. The zero-order valence-corrected chi connectivity index (χ0v) is 13.4. The Balaban J connectivity index is 1.56. The fourth-order valence-corrected chi connectivity index (χ4v) is 4.07. The molecule has 0 saturated carbocycles. The normalized spacial score (nSPS) is 18.7. The molecule has 0 radical (unpaired) electrons. The van der Waals surface area contributed by atoms with Crippen LogP contribution in [0.25, 0.3) is 12.2 Å². The molecule has 22 heavy (non-hydrogen) atoms. The van der Waals surface area contributed by atoms with Crippen molar-refractivity contribution in [2.75, 3.05) is 0 Å². The molecule has 0 heterocycles. The zero-order chi connectivity index (χ0) is 15.1. The first-order valence-electron chi connectivity index (χ1n) is 8.27. The van der Waals surface area contributed by atoms with E-state index in [1.54, 1.807) is 11.1 Å². The Hall–Kier alpha value is -2.08. The molecular weight excluding hydrogens is 264 g/mol. The van der Waals surface area contributed by atoms with E-state index in [9.17, 15) is 0 Å². The van der Waals surface area contributed by atoms with Crippen LogP contribution in [0.2, 0.25) is 0 Å². The molecule has 4 rings (SSSR count). The van der Waals surface area contributed by atoms with Gasteiger partial charge < -0.3 is 0 Å². The highest BCUT2D eigenvalue weighted by Gasteiger charge is 2.22. The highest BCUT2D eigenvalue weighted by atomic mass is 14.3. The van der Waals surface area contributed by atoms with Gasteiger partial charge in [0.15, 0.2) is 0 Å². The van der Waals surface area contributed by atoms with Gasteiger partial charge in [-0.25, -0.2) is 0 Å². The van der Waals surface area contributed by atoms with Gasteiger partial charge in [0, 0.05) is 5.92 Å². The third-order valence-electron chi connectivity index (χ3n) is 5.17. The molecule has 2 aromatic rings. The zero-order valence-electron chi connectivity index (χ0n) is 13.4. The second-order valence-corrected chi connectivity index (χ2v) is 6.76. The first kappa shape index (κ1) is 13.6. The molecule has 0 aromatic heterocycles. The molecule has 2 aromatic carbocycles. The van der Waals surface area contributed by atoms with Gasteiger partial charge in [0.2, 0.25) is 0 Å². The fraction of sp³-hybridized carbons (Fsp3) is 0.273. The topological polar surface area (TPSA) is 0 Å². The van der Waals surface area contributed by atoms with Gasteiger partial charge in [-0.1, -0.05) is 65.8 Å². The molecule has 0 N–H and O–H groups in total. The van der Waals surface area contributed by atoms with Crippen LogP contribution in [-0.4, -0.2) is 0 Å². The van der Waals surface area contributed by atoms with Crippen LogP contribution in [0.5, 0.6) is 0 Å². The van der Waals surface area contributed by atoms with Crippen molar-refractivity contribution in [2.45, 2.75) is 39.0 Å². The molecule has 110 valence electrons. The largest absolute Gasteiger partial charge is 0.0683 e. The highest BCUT2D eigenvalue weighted by Crippen LogP contribution is 2.39. The minimum Gasteiger partial charge on any atom is -0.0683 e. The number of rotatable bonds is 3. The minimum absolute atomic E-state index is 0.600. The Morgan fingerprint density at radius 3 is 2.64 bits per heavy atom. The molecule has 0 fully saturated rings. The molecular formula is C22H22. The van der Waals surface area contributed by atoms with Crippen molar-refractivity contribution in [3.05, 3.63) is 81.4 Å². The molecule has 2 aliphatic rings. The smallest absolute Gasteiger partial charge is 0.00578 e. The second-order valence-electron chi connectivity index (χ2n) is 6.76. The average Bonchev–Trinajstić information content (AvgIpc) is 3.04. The molecule has 0 bridgehead atoms. The van der Waals surface area contributed by atoms with Gasteiger partial charge in [0.05, 0.1) is 0 Å². The first-order valence-corrected chi connectivity index (χ1v) is 8.27. The van der Waals surface area contributed by atoms with Crippen molar-refractivity contribution >= 4 is 12.2 Å². The minimum atomic E-state index is 0.600. The van der Waals surface area contributed by atoms with E-state index in [1.807, 2.05) is 0 Å². The van der Waals surface area contributed by atoms with E-state index in [-0.39, 0.29) is 0 Å². The van der Waals surface area contributed by atoms with Gasteiger partial charge in [-0.3, -0.25) is 0 Å². The maximum absolute atomic E-state index is 2.36. The lowest BCUT2D eigenvalue weighted by Crippen LogP contribution is -2.02. The Kier molecular flexibility index (Phi) is 3.26. The van der Waals surface area contributed by atoms with E-state index in [4.69, 9.17) is 0 Å². The van der Waals surface area contributed by atoms with Crippen molar-refractivity contribution < 1.29 is 0 Å². The number of fused-ring (bicyclic) bond motifs is 2. The lowest BCUT2D eigenvalue weighted by Gasteiger charge is -2.16. The summed E-state index contributed by atoms with van der Waals surface area (Å²) in [6.45, 7) is 4.52. The molecule has 0 saturated heterocycles. The van der Waals surface area contributed by atoms with E-state index >= 15 is 0 Å². The van der Waals surface area contributed by atoms with Crippen molar-refractivity contribution in [2.24, 2.45) is 0 Å². The number of hydrogen-bond acceptors (Lipinski definition) is 0. The maximum Gasteiger partial charge on any atom is 0.00578 e. The third kappa shape index (κ3) is 2.23. The van der Waals surface area contributed by atoms with Gasteiger partial charge in [-0.2, -0.15) is 0 Å². The fourth-order valence-electron chi connectivity index (χ4n) is 4.07. The summed E-state index contributed by atoms with van der Waals surface area (Å²) >= 11 is 0. The maximum atomic E-state index is 2.36. The molecule has 2 aliphatic carbocycles. The van der Waals surface area contributed by atoms with Crippen LogP contribution in [0.3, 0.4) is 0 Å². The summed E-state index contributed by atoms with van der Waals surface area (Å²) < 4.78 is 0. The van der Waals surface area contributed by atoms with E-state index in [2.05, 4.69) is 68.5 Å². The monoisotopic (exact) mass is 286 g/mol. The predicted molar refractivity (Wildman–Crippen MR) is 95.0 cm³/mol. The summed E-state index contributed by atoms with van der Waals surface area (Å²) in [6.07, 6.45) is 8.24. The Morgan fingerprint density at radius 1 is 0.909 bits per heavy atom. The van der Waals surface area contributed by atoms with Crippen LogP contribution in [-0.2, 0) is 12.8 Å².